The molecule has 25 heavy (non-hydrogen) atoms. The quantitative estimate of drug-likeness (QED) is 0.387. The second kappa shape index (κ2) is 11.0. The molecule has 5 heteroatoms. The van der Waals surface area contributed by atoms with Gasteiger partial charge in [0, 0.05) is 24.6 Å². The van der Waals surface area contributed by atoms with Crippen LogP contribution < -0.4 is 15.8 Å². The maximum atomic E-state index is 6.05. The van der Waals surface area contributed by atoms with Gasteiger partial charge in [0.15, 0.2) is 5.96 Å². The molecule has 1 unspecified atom stereocenters. The third kappa shape index (κ3) is 7.34. The minimum Gasteiger partial charge on any atom is -0.493 e. The van der Waals surface area contributed by atoms with E-state index in [0.29, 0.717) is 25.0 Å². The van der Waals surface area contributed by atoms with E-state index in [-0.39, 0.29) is 0 Å². The van der Waals surface area contributed by atoms with Crippen LogP contribution in [0.4, 0.5) is 0 Å². The molecule has 1 aliphatic heterocycles. The molecule has 0 saturated carbocycles. The summed E-state index contributed by atoms with van der Waals surface area (Å²) in [4.78, 5) is 4.46. The van der Waals surface area contributed by atoms with Gasteiger partial charge in [-0.15, -0.1) is 0 Å². The molecule has 0 amide bonds. The average Bonchev–Trinajstić information content (AvgIpc) is 3.12. The van der Waals surface area contributed by atoms with Crippen LogP contribution in [0.2, 0.25) is 0 Å². The third-order valence-corrected chi connectivity index (χ3v) is 4.48. The molecule has 1 aliphatic rings. The zero-order valence-corrected chi connectivity index (χ0v) is 15.7. The maximum Gasteiger partial charge on any atom is 0.188 e. The highest BCUT2D eigenvalue weighted by atomic mass is 16.5. The van der Waals surface area contributed by atoms with E-state index in [2.05, 4.69) is 42.4 Å². The van der Waals surface area contributed by atoms with Gasteiger partial charge in [-0.2, -0.15) is 0 Å². The van der Waals surface area contributed by atoms with Crippen molar-refractivity contribution in [2.24, 2.45) is 16.6 Å². The van der Waals surface area contributed by atoms with Gasteiger partial charge in [-0.3, -0.25) is 0 Å². The lowest BCUT2D eigenvalue weighted by Gasteiger charge is -2.14. The van der Waals surface area contributed by atoms with Crippen molar-refractivity contribution < 1.29 is 9.47 Å². The molecule has 1 aromatic rings. The van der Waals surface area contributed by atoms with Crippen molar-refractivity contribution >= 4 is 5.96 Å². The average molecular weight is 348 g/mol. The first-order chi connectivity index (χ1) is 12.2. The Morgan fingerprint density at radius 1 is 1.36 bits per heavy atom. The van der Waals surface area contributed by atoms with Gasteiger partial charge in [0.1, 0.15) is 5.75 Å². The summed E-state index contributed by atoms with van der Waals surface area (Å²) < 4.78 is 11.5. The Hall–Kier alpha value is -1.75. The van der Waals surface area contributed by atoms with E-state index >= 15 is 0 Å². The Morgan fingerprint density at radius 3 is 3.00 bits per heavy atom. The van der Waals surface area contributed by atoms with Crippen LogP contribution in [0.25, 0.3) is 0 Å². The summed E-state index contributed by atoms with van der Waals surface area (Å²) in [6.07, 6.45) is 5.96. The first-order valence-corrected chi connectivity index (χ1v) is 9.53. The summed E-state index contributed by atoms with van der Waals surface area (Å²) >= 11 is 0. The van der Waals surface area contributed by atoms with Crippen molar-refractivity contribution in [3.05, 3.63) is 29.3 Å². The van der Waals surface area contributed by atoms with E-state index < -0.39 is 0 Å². The Bertz CT molecular complexity index is 540. The molecule has 1 atom stereocenters. The number of guanidine groups is 1. The number of hydrogen-bond acceptors (Lipinski definition) is 3. The number of aliphatic imine (C=N–C) groups is 1. The molecule has 0 aromatic heterocycles. The molecule has 140 valence electrons. The summed E-state index contributed by atoms with van der Waals surface area (Å²) in [6.45, 7) is 8.05. The summed E-state index contributed by atoms with van der Waals surface area (Å²) in [5.74, 6) is 1.91. The van der Waals surface area contributed by atoms with Gasteiger partial charge < -0.3 is 20.5 Å². The molecular weight excluding hydrogens is 314 g/mol. The topological polar surface area (TPSA) is 68.9 Å². The number of rotatable bonds is 10. The van der Waals surface area contributed by atoms with Crippen LogP contribution in [0.5, 0.6) is 5.75 Å². The molecule has 5 nitrogen and oxygen atoms in total. The van der Waals surface area contributed by atoms with Crippen molar-refractivity contribution in [1.82, 2.24) is 5.32 Å². The number of ether oxygens (including phenoxy) is 2. The molecule has 0 bridgehead atoms. The Kier molecular flexibility index (Phi) is 8.60. The van der Waals surface area contributed by atoms with Crippen molar-refractivity contribution in [2.75, 3.05) is 26.4 Å². The van der Waals surface area contributed by atoms with Gasteiger partial charge in [0.25, 0.3) is 0 Å². The van der Waals surface area contributed by atoms with Crippen LogP contribution in [-0.2, 0) is 11.3 Å². The molecule has 1 fully saturated rings. The molecule has 1 saturated heterocycles. The summed E-state index contributed by atoms with van der Waals surface area (Å²) in [7, 11) is 0. The van der Waals surface area contributed by atoms with Crippen molar-refractivity contribution in [1.29, 1.82) is 0 Å². The highest BCUT2D eigenvalue weighted by Crippen LogP contribution is 2.23. The number of hydrogen-bond donors (Lipinski definition) is 2. The zero-order valence-electron chi connectivity index (χ0n) is 15.7. The SMILES string of the molecule is CCCCCCNC(N)=NCc1ccc(C)cc1OCC1CCOC1. The number of unbranched alkanes of at least 4 members (excludes halogenated alkanes) is 3. The summed E-state index contributed by atoms with van der Waals surface area (Å²) in [6, 6.07) is 6.24. The minimum atomic E-state index is 0.492. The third-order valence-electron chi connectivity index (χ3n) is 4.48. The lowest BCUT2D eigenvalue weighted by molar-refractivity contribution is 0.166. The smallest absolute Gasteiger partial charge is 0.188 e. The fourth-order valence-corrected chi connectivity index (χ4v) is 2.84. The van der Waals surface area contributed by atoms with Gasteiger partial charge >= 0.3 is 0 Å². The van der Waals surface area contributed by atoms with Crippen LogP contribution in [0.15, 0.2) is 23.2 Å². The Labute approximate surface area is 152 Å². The zero-order chi connectivity index (χ0) is 17.9. The van der Waals surface area contributed by atoms with Gasteiger partial charge in [-0.05, 0) is 31.4 Å². The monoisotopic (exact) mass is 347 g/mol. The lowest BCUT2D eigenvalue weighted by atomic mass is 10.1. The van der Waals surface area contributed by atoms with Crippen molar-refractivity contribution in [2.45, 2.75) is 52.5 Å². The van der Waals surface area contributed by atoms with E-state index in [1.54, 1.807) is 0 Å². The molecule has 2 rings (SSSR count). The van der Waals surface area contributed by atoms with Crippen LogP contribution in [0, 0.1) is 12.8 Å². The van der Waals surface area contributed by atoms with Crippen molar-refractivity contribution in [3.63, 3.8) is 0 Å². The summed E-state index contributed by atoms with van der Waals surface area (Å²) in [5.41, 5.74) is 8.23. The predicted molar refractivity (Wildman–Crippen MR) is 103 cm³/mol. The fraction of sp³-hybridized carbons (Fsp3) is 0.650. The van der Waals surface area contributed by atoms with Gasteiger partial charge in [0.2, 0.25) is 0 Å². The second-order valence-corrected chi connectivity index (χ2v) is 6.84. The van der Waals surface area contributed by atoms with E-state index in [9.17, 15) is 0 Å². The van der Waals surface area contributed by atoms with Crippen molar-refractivity contribution in [3.8, 4) is 5.75 Å². The van der Waals surface area contributed by atoms with E-state index in [4.69, 9.17) is 15.2 Å². The standard InChI is InChI=1S/C20H33N3O2/c1-3-4-5-6-10-22-20(21)23-13-18-8-7-16(2)12-19(18)25-15-17-9-11-24-14-17/h7-8,12,17H,3-6,9-11,13-15H2,1-2H3,(H3,21,22,23). The molecule has 0 spiro atoms. The van der Waals surface area contributed by atoms with Gasteiger partial charge in [0.05, 0.1) is 19.8 Å². The minimum absolute atomic E-state index is 0.492. The normalized spacial score (nSPS) is 17.7. The first-order valence-electron chi connectivity index (χ1n) is 9.53. The van der Waals surface area contributed by atoms with Crippen LogP contribution in [0.1, 0.15) is 50.2 Å². The molecule has 0 radical (unpaired) electrons. The number of nitrogens with two attached hydrogens (primary N) is 1. The second-order valence-electron chi connectivity index (χ2n) is 6.84. The van der Waals surface area contributed by atoms with E-state index in [1.807, 2.05) is 0 Å². The molecule has 3 N–H and O–H groups in total. The number of nitrogens with one attached hydrogen (secondary N) is 1. The van der Waals surface area contributed by atoms with Gasteiger partial charge in [-0.1, -0.05) is 38.3 Å². The highest BCUT2D eigenvalue weighted by molar-refractivity contribution is 5.77. The van der Waals surface area contributed by atoms with E-state index in [0.717, 1.165) is 43.9 Å². The first kappa shape index (κ1) is 19.6. The van der Waals surface area contributed by atoms with Gasteiger partial charge in [-0.25, -0.2) is 4.99 Å². The van der Waals surface area contributed by atoms with Crippen LogP contribution >= 0.6 is 0 Å². The van der Waals surface area contributed by atoms with Crippen LogP contribution in [0.3, 0.4) is 0 Å². The lowest BCUT2D eigenvalue weighted by Crippen LogP contribution is -2.32. The number of benzene rings is 1. The number of nitrogens with zero attached hydrogens (tertiary/aromatic N) is 1. The Morgan fingerprint density at radius 2 is 2.24 bits per heavy atom. The molecule has 1 aromatic carbocycles. The van der Waals surface area contributed by atoms with Crippen LogP contribution in [-0.4, -0.2) is 32.3 Å². The number of aryl methyl sites for hydroxylation is 1. The van der Waals surface area contributed by atoms with E-state index in [1.165, 1.54) is 24.8 Å². The largest absolute Gasteiger partial charge is 0.493 e. The molecule has 0 aliphatic carbocycles. The highest BCUT2D eigenvalue weighted by Gasteiger charge is 2.17. The summed E-state index contributed by atoms with van der Waals surface area (Å²) in [5, 5.41) is 3.19. The molecular formula is C20H33N3O2. The predicted octanol–water partition coefficient (Wildman–Crippen LogP) is 3.39. The molecule has 1 heterocycles. The maximum absolute atomic E-state index is 6.05. The fourth-order valence-electron chi connectivity index (χ4n) is 2.84. The Balaban J connectivity index is 1.83.